The van der Waals surface area contributed by atoms with Crippen molar-refractivity contribution in [2.75, 3.05) is 5.32 Å². The molecule has 4 aliphatic carbocycles. The molecule has 1 N–H and O–H groups in total. The van der Waals surface area contributed by atoms with E-state index in [1.807, 2.05) is 0 Å². The Balaban J connectivity index is 1.42. The molecule has 1 atom stereocenters. The summed E-state index contributed by atoms with van der Waals surface area (Å²) in [6, 6.07) is 5.92. The first kappa shape index (κ1) is 17.9. The Morgan fingerprint density at radius 1 is 1.15 bits per heavy atom. The van der Waals surface area contributed by atoms with E-state index in [0.717, 1.165) is 19.3 Å². The van der Waals surface area contributed by atoms with Gasteiger partial charge >= 0.3 is 5.97 Å². The molecule has 5 rings (SSSR count). The van der Waals surface area contributed by atoms with E-state index < -0.39 is 22.3 Å². The number of nitrogens with one attached hydrogen (secondary N) is 1. The van der Waals surface area contributed by atoms with E-state index in [4.69, 9.17) is 4.74 Å². The van der Waals surface area contributed by atoms with Gasteiger partial charge in [0, 0.05) is 6.07 Å². The van der Waals surface area contributed by atoms with Crippen LogP contribution in [0.2, 0.25) is 0 Å². The number of benzene rings is 1. The third kappa shape index (κ3) is 3.31. The predicted molar refractivity (Wildman–Crippen MR) is 97.9 cm³/mol. The molecule has 4 aliphatic rings. The summed E-state index contributed by atoms with van der Waals surface area (Å²) < 4.78 is 5.55. The largest absolute Gasteiger partial charge is 0.452 e. The first-order valence-electron chi connectivity index (χ1n) is 9.62. The minimum absolute atomic E-state index is 0.102. The van der Waals surface area contributed by atoms with Gasteiger partial charge in [0.1, 0.15) is 5.69 Å². The van der Waals surface area contributed by atoms with E-state index in [1.165, 1.54) is 44.4 Å². The third-order valence-corrected chi connectivity index (χ3v) is 6.48. The number of carbonyl (C=O) groups is 2. The second kappa shape index (κ2) is 6.62. The van der Waals surface area contributed by atoms with Gasteiger partial charge in [-0.2, -0.15) is 0 Å². The normalized spacial score (nSPS) is 32.0. The summed E-state index contributed by atoms with van der Waals surface area (Å²) in [4.78, 5) is 35.9. The lowest BCUT2D eigenvalue weighted by Gasteiger charge is -2.55. The molecule has 7 heteroatoms. The fourth-order valence-corrected chi connectivity index (χ4v) is 5.67. The number of hydrogen-bond donors (Lipinski definition) is 1. The average molecular weight is 372 g/mol. The molecule has 144 valence electrons. The van der Waals surface area contributed by atoms with Crippen LogP contribution in [0.5, 0.6) is 0 Å². The van der Waals surface area contributed by atoms with Gasteiger partial charge in [0.25, 0.3) is 11.6 Å². The number of nitro groups is 1. The number of amides is 1. The molecule has 1 aromatic carbocycles. The van der Waals surface area contributed by atoms with E-state index in [9.17, 15) is 19.7 Å². The number of hydrogen-bond acceptors (Lipinski definition) is 5. The highest BCUT2D eigenvalue weighted by Crippen LogP contribution is 2.60. The molecule has 4 bridgehead atoms. The van der Waals surface area contributed by atoms with Crippen LogP contribution in [0, 0.1) is 33.3 Å². The van der Waals surface area contributed by atoms with E-state index in [1.54, 1.807) is 6.07 Å². The van der Waals surface area contributed by atoms with Gasteiger partial charge in [-0.3, -0.25) is 19.7 Å². The van der Waals surface area contributed by atoms with Crippen LogP contribution in [0.25, 0.3) is 0 Å². The molecule has 0 unspecified atom stereocenters. The van der Waals surface area contributed by atoms with Crippen molar-refractivity contribution in [3.05, 3.63) is 34.4 Å². The Bertz CT molecular complexity index is 755. The summed E-state index contributed by atoms with van der Waals surface area (Å²) in [5, 5.41) is 13.6. The van der Waals surface area contributed by atoms with Gasteiger partial charge < -0.3 is 10.1 Å². The molecule has 0 aromatic heterocycles. The van der Waals surface area contributed by atoms with Crippen LogP contribution in [-0.2, 0) is 14.3 Å². The predicted octanol–water partition coefficient (Wildman–Crippen LogP) is 3.68. The molecule has 1 amide bonds. The van der Waals surface area contributed by atoms with Crippen LogP contribution in [0.3, 0.4) is 0 Å². The maximum atomic E-state index is 12.9. The third-order valence-electron chi connectivity index (χ3n) is 6.48. The van der Waals surface area contributed by atoms with Crippen LogP contribution < -0.4 is 5.32 Å². The smallest absolute Gasteiger partial charge is 0.312 e. The lowest BCUT2D eigenvalue weighted by molar-refractivity contribution is -0.383. The van der Waals surface area contributed by atoms with Crippen LogP contribution in [0.15, 0.2) is 24.3 Å². The minimum Gasteiger partial charge on any atom is -0.452 e. The first-order valence-corrected chi connectivity index (χ1v) is 9.62. The van der Waals surface area contributed by atoms with Gasteiger partial charge in [-0.1, -0.05) is 12.1 Å². The molecule has 1 aromatic rings. The summed E-state index contributed by atoms with van der Waals surface area (Å²) in [7, 11) is 0. The number of nitrogens with zero attached hydrogens (tertiary/aromatic N) is 1. The Morgan fingerprint density at radius 2 is 1.70 bits per heavy atom. The highest BCUT2D eigenvalue weighted by Gasteiger charge is 2.55. The minimum atomic E-state index is -0.995. The van der Waals surface area contributed by atoms with Crippen LogP contribution in [0.1, 0.15) is 45.4 Å². The van der Waals surface area contributed by atoms with Gasteiger partial charge in [-0.15, -0.1) is 0 Å². The second-order valence-electron chi connectivity index (χ2n) is 8.51. The van der Waals surface area contributed by atoms with Crippen LogP contribution in [-0.4, -0.2) is 22.9 Å². The van der Waals surface area contributed by atoms with E-state index in [0.29, 0.717) is 17.8 Å². The van der Waals surface area contributed by atoms with Gasteiger partial charge in [0.05, 0.1) is 10.3 Å². The van der Waals surface area contributed by atoms with E-state index >= 15 is 0 Å². The van der Waals surface area contributed by atoms with Crippen molar-refractivity contribution >= 4 is 23.3 Å². The van der Waals surface area contributed by atoms with Gasteiger partial charge in [0.2, 0.25) is 0 Å². The number of ether oxygens (including phenoxy) is 1. The maximum absolute atomic E-state index is 12.9. The zero-order valence-corrected chi connectivity index (χ0v) is 15.3. The summed E-state index contributed by atoms with van der Waals surface area (Å²) in [5.74, 6) is 1.01. The van der Waals surface area contributed by atoms with Gasteiger partial charge in [-0.05, 0) is 69.3 Å². The van der Waals surface area contributed by atoms with Crippen molar-refractivity contribution in [2.45, 2.75) is 51.6 Å². The molecule has 0 saturated heterocycles. The van der Waals surface area contributed by atoms with E-state index in [-0.39, 0.29) is 17.3 Å². The second-order valence-corrected chi connectivity index (χ2v) is 8.51. The van der Waals surface area contributed by atoms with Crippen molar-refractivity contribution in [1.29, 1.82) is 0 Å². The Kier molecular flexibility index (Phi) is 4.40. The number of rotatable bonds is 5. The zero-order valence-electron chi connectivity index (χ0n) is 15.3. The van der Waals surface area contributed by atoms with Crippen molar-refractivity contribution in [3.8, 4) is 0 Å². The van der Waals surface area contributed by atoms with Gasteiger partial charge in [0.15, 0.2) is 6.10 Å². The van der Waals surface area contributed by atoms with Crippen molar-refractivity contribution in [3.63, 3.8) is 0 Å². The molecule has 0 spiro atoms. The summed E-state index contributed by atoms with van der Waals surface area (Å²) in [6.07, 6.45) is 5.29. The SMILES string of the molecule is C[C@@H](OC(=O)C12CC3CC(CC(C3)C1)C2)C(=O)Nc1ccccc1[N+](=O)[O-]. The molecular formula is C20H24N2O5. The number of esters is 1. The first-order chi connectivity index (χ1) is 12.9. The Labute approximate surface area is 157 Å². The highest BCUT2D eigenvalue weighted by atomic mass is 16.6. The molecule has 0 heterocycles. The molecule has 0 radical (unpaired) electrons. The zero-order chi connectivity index (χ0) is 19.2. The molecule has 4 fully saturated rings. The number of para-hydroxylation sites is 2. The lowest BCUT2D eigenvalue weighted by Crippen LogP contribution is -2.51. The number of anilines is 1. The Morgan fingerprint density at radius 3 is 2.26 bits per heavy atom. The van der Waals surface area contributed by atoms with Crippen molar-refractivity contribution < 1.29 is 19.2 Å². The average Bonchev–Trinajstić information content (AvgIpc) is 2.60. The van der Waals surface area contributed by atoms with Gasteiger partial charge in [-0.25, -0.2) is 0 Å². The summed E-state index contributed by atoms with van der Waals surface area (Å²) in [5.41, 5.74) is -0.516. The quantitative estimate of drug-likeness (QED) is 0.483. The molecule has 27 heavy (non-hydrogen) atoms. The monoisotopic (exact) mass is 372 g/mol. The van der Waals surface area contributed by atoms with E-state index in [2.05, 4.69) is 5.32 Å². The highest BCUT2D eigenvalue weighted by molar-refractivity contribution is 5.97. The number of carbonyl (C=O) groups excluding carboxylic acids is 2. The van der Waals surface area contributed by atoms with Crippen molar-refractivity contribution in [2.24, 2.45) is 23.2 Å². The van der Waals surface area contributed by atoms with Crippen molar-refractivity contribution in [1.82, 2.24) is 0 Å². The molecule has 0 aliphatic heterocycles. The standard InChI is InChI=1S/C20H24N2O5/c1-12(18(23)21-16-4-2-3-5-17(16)22(25)26)27-19(24)20-9-13-6-14(10-20)8-15(7-13)11-20/h2-5,12-15H,6-11H2,1H3,(H,21,23)/t12-,13?,14?,15?,20?/m1/s1. The fraction of sp³-hybridized carbons (Fsp3) is 0.600. The van der Waals surface area contributed by atoms with Crippen LogP contribution >= 0.6 is 0 Å². The van der Waals surface area contributed by atoms with Crippen LogP contribution in [0.4, 0.5) is 11.4 Å². The lowest BCUT2D eigenvalue weighted by atomic mass is 9.49. The molecular weight excluding hydrogens is 348 g/mol. The Hall–Kier alpha value is -2.44. The molecule has 7 nitrogen and oxygen atoms in total. The summed E-state index contributed by atoms with van der Waals surface area (Å²) >= 11 is 0. The topological polar surface area (TPSA) is 98.5 Å². The molecule has 4 saturated carbocycles. The maximum Gasteiger partial charge on any atom is 0.312 e. The fourth-order valence-electron chi connectivity index (χ4n) is 5.67. The number of nitro benzene ring substituents is 1. The summed E-state index contributed by atoms with van der Waals surface area (Å²) in [6.45, 7) is 1.52.